The van der Waals surface area contributed by atoms with E-state index in [9.17, 15) is 19.5 Å². The van der Waals surface area contributed by atoms with E-state index >= 15 is 0 Å². The average molecular weight is 404 g/mol. The van der Waals surface area contributed by atoms with Gasteiger partial charge in [-0.15, -0.1) is 0 Å². The Morgan fingerprint density at radius 1 is 1.07 bits per heavy atom. The number of carbonyl (C=O) groups is 3. The molecule has 7 nitrogen and oxygen atoms in total. The lowest BCUT2D eigenvalue weighted by atomic mass is 10.1. The summed E-state index contributed by atoms with van der Waals surface area (Å²) in [6.07, 6.45) is -1.64. The lowest BCUT2D eigenvalue weighted by molar-refractivity contribution is -0.147. The minimum absolute atomic E-state index is 0.0118. The fourth-order valence-electron chi connectivity index (χ4n) is 2.84. The minimum Gasteiger partial charge on any atom is -0.456 e. The maximum Gasteiger partial charge on any atom is 0.416 e. The average Bonchev–Trinajstić information content (AvgIpc) is 3.09. The maximum atomic E-state index is 12.4. The van der Waals surface area contributed by atoms with Crippen molar-refractivity contribution in [2.24, 2.45) is 0 Å². The van der Waals surface area contributed by atoms with Crippen LogP contribution in [0.3, 0.4) is 0 Å². The van der Waals surface area contributed by atoms with Crippen molar-refractivity contribution in [1.82, 2.24) is 4.90 Å². The van der Waals surface area contributed by atoms with E-state index in [4.69, 9.17) is 21.1 Å². The zero-order valence-electron chi connectivity index (χ0n) is 14.8. The molecule has 146 valence electrons. The van der Waals surface area contributed by atoms with Gasteiger partial charge in [-0.3, -0.25) is 9.69 Å². The molecule has 1 saturated heterocycles. The van der Waals surface area contributed by atoms with E-state index in [1.165, 1.54) is 12.1 Å². The number of aliphatic hydroxyl groups excluding tert-OH is 1. The Morgan fingerprint density at radius 3 is 2.43 bits per heavy atom. The van der Waals surface area contributed by atoms with Gasteiger partial charge in [0, 0.05) is 17.0 Å². The molecule has 1 aliphatic heterocycles. The van der Waals surface area contributed by atoms with Crippen molar-refractivity contribution in [2.75, 3.05) is 13.2 Å². The van der Waals surface area contributed by atoms with Crippen LogP contribution in [0.2, 0.25) is 5.02 Å². The number of ether oxygens (including phenoxy) is 2. The zero-order chi connectivity index (χ0) is 20.1. The van der Waals surface area contributed by atoms with E-state index in [-0.39, 0.29) is 13.0 Å². The van der Waals surface area contributed by atoms with Gasteiger partial charge in [0.05, 0.1) is 12.6 Å². The van der Waals surface area contributed by atoms with Gasteiger partial charge in [-0.25, -0.2) is 9.59 Å². The number of β-amino-alcohol motifs (C(OH)–C–C–N with tert-alkyl or cyclic N) is 1. The number of likely N-dealkylation sites (tertiary alicyclic amines) is 1. The fourth-order valence-corrected chi connectivity index (χ4v) is 2.96. The third-order valence-corrected chi connectivity index (χ3v) is 4.50. The normalized spacial score (nSPS) is 18.6. The number of ketones is 1. The first-order valence-corrected chi connectivity index (χ1v) is 8.99. The largest absolute Gasteiger partial charge is 0.456 e. The molecule has 8 heteroatoms. The Balaban J connectivity index is 1.60. The first kappa shape index (κ1) is 19.9. The van der Waals surface area contributed by atoms with E-state index < -0.39 is 36.6 Å². The SMILES string of the molecule is O=C(COC(=O)[C@@H]1C[C@H](O)CN1C(=O)Oc1ccccc1)c1ccc(Cl)cc1. The van der Waals surface area contributed by atoms with E-state index in [0.29, 0.717) is 16.3 Å². The standard InChI is InChI=1S/C20H18ClNO6/c21-14-8-6-13(7-9-14)18(24)12-27-19(25)17-10-15(23)11-22(17)20(26)28-16-4-2-1-3-5-16/h1-9,15,17,23H,10-12H2/t15-,17-/m0/s1. The van der Waals surface area contributed by atoms with Gasteiger partial charge in [-0.1, -0.05) is 29.8 Å². The number of halogens is 1. The summed E-state index contributed by atoms with van der Waals surface area (Å²) in [4.78, 5) is 38.0. The molecule has 0 saturated carbocycles. The smallest absolute Gasteiger partial charge is 0.416 e. The monoisotopic (exact) mass is 403 g/mol. The summed E-state index contributed by atoms with van der Waals surface area (Å²) in [6.45, 7) is -0.537. The Kier molecular flexibility index (Phi) is 6.28. The zero-order valence-corrected chi connectivity index (χ0v) is 15.5. The molecule has 1 N–H and O–H groups in total. The second-order valence-electron chi connectivity index (χ2n) is 6.28. The molecule has 2 aromatic rings. The molecule has 1 fully saturated rings. The number of hydrogen-bond acceptors (Lipinski definition) is 6. The molecule has 0 unspecified atom stereocenters. The number of benzene rings is 2. The number of hydrogen-bond donors (Lipinski definition) is 1. The highest BCUT2D eigenvalue weighted by atomic mass is 35.5. The maximum absolute atomic E-state index is 12.4. The Hall–Kier alpha value is -2.90. The van der Waals surface area contributed by atoms with Gasteiger partial charge in [0.2, 0.25) is 0 Å². The third kappa shape index (κ3) is 4.88. The fraction of sp³-hybridized carbons (Fsp3) is 0.250. The molecule has 1 heterocycles. The van der Waals surface area contributed by atoms with Crippen molar-refractivity contribution >= 4 is 29.4 Å². The van der Waals surface area contributed by atoms with E-state index in [1.807, 2.05) is 0 Å². The van der Waals surface area contributed by atoms with Crippen LogP contribution in [0.4, 0.5) is 4.79 Å². The van der Waals surface area contributed by atoms with Gasteiger partial charge in [0.1, 0.15) is 11.8 Å². The van der Waals surface area contributed by atoms with Gasteiger partial charge in [0.15, 0.2) is 12.4 Å². The van der Waals surface area contributed by atoms with E-state index in [2.05, 4.69) is 0 Å². The molecule has 0 radical (unpaired) electrons. The second kappa shape index (κ2) is 8.86. The summed E-state index contributed by atoms with van der Waals surface area (Å²) in [5.74, 6) is -0.857. The molecule has 1 aliphatic rings. The number of esters is 1. The number of para-hydroxylation sites is 1. The lowest BCUT2D eigenvalue weighted by Gasteiger charge is -2.22. The number of nitrogens with zero attached hydrogens (tertiary/aromatic N) is 1. The summed E-state index contributed by atoms with van der Waals surface area (Å²) in [5.41, 5.74) is 0.351. The highest BCUT2D eigenvalue weighted by Crippen LogP contribution is 2.22. The van der Waals surface area contributed by atoms with E-state index in [1.54, 1.807) is 42.5 Å². The molecule has 0 bridgehead atoms. The van der Waals surface area contributed by atoms with Crippen molar-refractivity contribution in [3.63, 3.8) is 0 Å². The van der Waals surface area contributed by atoms with Gasteiger partial charge < -0.3 is 14.6 Å². The van der Waals surface area contributed by atoms with Gasteiger partial charge in [0.25, 0.3) is 0 Å². The summed E-state index contributed by atoms with van der Waals surface area (Å²) < 4.78 is 10.3. The van der Waals surface area contributed by atoms with Crippen molar-refractivity contribution in [2.45, 2.75) is 18.6 Å². The topological polar surface area (TPSA) is 93.1 Å². The summed E-state index contributed by atoms with van der Waals surface area (Å²) in [7, 11) is 0. The van der Waals surface area contributed by atoms with Crippen LogP contribution >= 0.6 is 11.6 Å². The summed E-state index contributed by atoms with van der Waals surface area (Å²) in [6, 6.07) is 13.5. The molecule has 0 aromatic heterocycles. The van der Waals surface area contributed by atoms with Crippen molar-refractivity contribution in [3.8, 4) is 5.75 Å². The van der Waals surface area contributed by atoms with Crippen molar-refractivity contribution in [1.29, 1.82) is 0 Å². The number of carbonyl (C=O) groups excluding carboxylic acids is 3. The third-order valence-electron chi connectivity index (χ3n) is 4.25. The molecule has 1 amide bonds. The van der Waals surface area contributed by atoms with Gasteiger partial charge in [-0.05, 0) is 36.4 Å². The molecule has 0 spiro atoms. The minimum atomic E-state index is -1.02. The second-order valence-corrected chi connectivity index (χ2v) is 6.71. The highest BCUT2D eigenvalue weighted by molar-refractivity contribution is 6.30. The number of aliphatic hydroxyl groups is 1. The highest BCUT2D eigenvalue weighted by Gasteiger charge is 2.41. The molecular weight excluding hydrogens is 386 g/mol. The number of amides is 1. The van der Waals surface area contributed by atoms with Crippen LogP contribution in [-0.2, 0) is 9.53 Å². The van der Waals surface area contributed by atoms with Crippen LogP contribution in [0.1, 0.15) is 16.8 Å². The lowest BCUT2D eigenvalue weighted by Crippen LogP contribution is -2.43. The Bertz CT molecular complexity index is 855. The first-order valence-electron chi connectivity index (χ1n) is 8.61. The predicted molar refractivity (Wildman–Crippen MR) is 100 cm³/mol. The van der Waals surface area contributed by atoms with Crippen LogP contribution in [-0.4, -0.2) is 53.1 Å². The van der Waals surface area contributed by atoms with E-state index in [0.717, 1.165) is 4.90 Å². The number of Topliss-reactive ketones (excluding diaryl/α,β-unsaturated/α-hetero) is 1. The molecule has 3 rings (SSSR count). The molecule has 0 aliphatic carbocycles. The quantitative estimate of drug-likeness (QED) is 0.609. The van der Waals surface area contributed by atoms with Crippen LogP contribution in [0, 0.1) is 0 Å². The van der Waals surface area contributed by atoms with Crippen LogP contribution < -0.4 is 4.74 Å². The van der Waals surface area contributed by atoms with Crippen LogP contribution in [0.5, 0.6) is 5.75 Å². The molecule has 28 heavy (non-hydrogen) atoms. The predicted octanol–water partition coefficient (Wildman–Crippen LogP) is 2.70. The molecule has 2 atom stereocenters. The first-order chi connectivity index (χ1) is 13.4. The van der Waals surface area contributed by atoms with Gasteiger partial charge >= 0.3 is 12.1 Å². The Morgan fingerprint density at radius 2 is 1.75 bits per heavy atom. The van der Waals surface area contributed by atoms with Crippen LogP contribution in [0.25, 0.3) is 0 Å². The Labute approximate surface area is 166 Å². The van der Waals surface area contributed by atoms with Crippen LogP contribution in [0.15, 0.2) is 54.6 Å². The molecular formula is C20H18ClNO6. The van der Waals surface area contributed by atoms with Crippen molar-refractivity contribution in [3.05, 3.63) is 65.2 Å². The van der Waals surface area contributed by atoms with Crippen molar-refractivity contribution < 1.29 is 29.0 Å². The molecule has 2 aromatic carbocycles. The summed E-state index contributed by atoms with van der Waals surface area (Å²) >= 11 is 5.78. The summed E-state index contributed by atoms with van der Waals surface area (Å²) in [5, 5.41) is 10.4. The van der Waals surface area contributed by atoms with Gasteiger partial charge in [-0.2, -0.15) is 0 Å². The number of rotatable bonds is 5.